The summed E-state index contributed by atoms with van der Waals surface area (Å²) in [6.45, 7) is 0. The second-order valence-electron chi connectivity index (χ2n) is 2.08. The highest BCUT2D eigenvalue weighted by Gasteiger charge is 2.05. The Hall–Kier alpha value is -1.44. The van der Waals surface area contributed by atoms with E-state index in [4.69, 9.17) is 19.0 Å². The molecule has 1 aromatic carbocycles. The van der Waals surface area contributed by atoms with Crippen molar-refractivity contribution in [2.24, 2.45) is 5.14 Å². The van der Waals surface area contributed by atoms with E-state index in [0.29, 0.717) is 0 Å². The lowest BCUT2D eigenvalue weighted by molar-refractivity contribution is 0.0693. The van der Waals surface area contributed by atoms with Crippen LogP contribution in [-0.2, 0) is 11.3 Å². The first-order valence-electron chi connectivity index (χ1n) is 3.30. The first-order chi connectivity index (χ1) is 6.45. The standard InChI is InChI=1S/C7H6O3.H3NO2S/c8-6-4-2-1-3-5(6)7(9)10;1-4(2)3/h1-4,8H,(H,9,10);1H2,(H,2,3)/p-1. The second-order valence-corrected chi connectivity index (χ2v) is 2.60. The highest BCUT2D eigenvalue weighted by atomic mass is 32.2. The SMILES string of the molecule is NS(=O)[O-].O=C(O)c1ccccc1O. The lowest BCUT2D eigenvalue weighted by Crippen LogP contribution is -1.97. The smallest absolute Gasteiger partial charge is 0.339 e. The third kappa shape index (κ3) is 5.25. The molecule has 0 aromatic heterocycles. The number of carboxylic acids is 1. The van der Waals surface area contributed by atoms with E-state index in [1.807, 2.05) is 0 Å². The van der Waals surface area contributed by atoms with Crippen molar-refractivity contribution in [1.82, 2.24) is 0 Å². The molecule has 0 fully saturated rings. The van der Waals surface area contributed by atoms with Crippen LogP contribution in [0.3, 0.4) is 0 Å². The minimum atomic E-state index is -2.36. The molecule has 0 bridgehead atoms. The summed E-state index contributed by atoms with van der Waals surface area (Å²) >= 11 is -2.36. The van der Waals surface area contributed by atoms with Crippen LogP contribution >= 0.6 is 0 Å². The summed E-state index contributed by atoms with van der Waals surface area (Å²) in [5.74, 6) is -1.31. The zero-order valence-corrected chi connectivity index (χ0v) is 7.73. The Labute approximate surface area is 82.4 Å². The molecule has 0 amide bonds. The maximum Gasteiger partial charge on any atom is 0.339 e. The van der Waals surface area contributed by atoms with Gasteiger partial charge in [-0.15, -0.1) is 0 Å². The summed E-state index contributed by atoms with van der Waals surface area (Å²) in [4.78, 5) is 10.3. The van der Waals surface area contributed by atoms with Gasteiger partial charge in [0.25, 0.3) is 0 Å². The van der Waals surface area contributed by atoms with Gasteiger partial charge in [-0.1, -0.05) is 12.1 Å². The molecule has 0 aliphatic rings. The number of nitrogens with two attached hydrogens (primary N) is 1. The lowest BCUT2D eigenvalue weighted by Gasteiger charge is -1.95. The Bertz CT molecular complexity index is 337. The van der Waals surface area contributed by atoms with Gasteiger partial charge in [-0.3, -0.25) is 9.35 Å². The molecule has 0 spiro atoms. The molecule has 0 saturated carbocycles. The van der Waals surface area contributed by atoms with Crippen LogP contribution in [0.25, 0.3) is 0 Å². The number of rotatable bonds is 1. The fourth-order valence-corrected chi connectivity index (χ4v) is 0.654. The van der Waals surface area contributed by atoms with E-state index in [0.717, 1.165) is 0 Å². The third-order valence-electron chi connectivity index (χ3n) is 1.13. The largest absolute Gasteiger partial charge is 0.760 e. The molecule has 0 heterocycles. The molecule has 4 N–H and O–H groups in total. The molecule has 0 saturated heterocycles. The summed E-state index contributed by atoms with van der Waals surface area (Å²) in [7, 11) is 0. The molecule has 1 unspecified atom stereocenters. The molecule has 0 aliphatic heterocycles. The topological polar surface area (TPSA) is 124 Å². The normalized spacial score (nSPS) is 11.0. The van der Waals surface area contributed by atoms with Crippen molar-refractivity contribution < 1.29 is 23.8 Å². The fraction of sp³-hybridized carbons (Fsp3) is 0. The number of hydrogen-bond donors (Lipinski definition) is 3. The molecule has 14 heavy (non-hydrogen) atoms. The van der Waals surface area contributed by atoms with Crippen LogP contribution in [-0.4, -0.2) is 24.9 Å². The Morgan fingerprint density at radius 1 is 1.43 bits per heavy atom. The summed E-state index contributed by atoms with van der Waals surface area (Å²) in [6, 6.07) is 5.81. The first-order valence-corrected chi connectivity index (χ1v) is 4.44. The highest BCUT2D eigenvalue weighted by Crippen LogP contribution is 2.14. The fourth-order valence-electron chi connectivity index (χ4n) is 0.654. The van der Waals surface area contributed by atoms with Gasteiger partial charge >= 0.3 is 5.97 Å². The molecule has 7 heteroatoms. The van der Waals surface area contributed by atoms with E-state index in [1.165, 1.54) is 12.1 Å². The number of benzene rings is 1. The molecular formula is C7H8NO5S-. The maximum atomic E-state index is 10.3. The Kier molecular flexibility index (Phi) is 5.46. The molecule has 78 valence electrons. The minimum Gasteiger partial charge on any atom is -0.760 e. The van der Waals surface area contributed by atoms with E-state index in [1.54, 1.807) is 12.1 Å². The summed E-state index contributed by atoms with van der Waals surface area (Å²) in [5, 5.41) is 21.3. The van der Waals surface area contributed by atoms with Crippen LogP contribution in [0.1, 0.15) is 10.4 Å². The second kappa shape index (κ2) is 6.08. The monoisotopic (exact) mass is 218 g/mol. The first kappa shape index (κ1) is 12.6. The van der Waals surface area contributed by atoms with Crippen molar-refractivity contribution in [2.45, 2.75) is 0 Å². The van der Waals surface area contributed by atoms with Crippen LogP contribution in [0.15, 0.2) is 24.3 Å². The van der Waals surface area contributed by atoms with E-state index in [9.17, 15) is 4.79 Å². The van der Waals surface area contributed by atoms with Gasteiger partial charge in [0.05, 0.1) is 0 Å². The lowest BCUT2D eigenvalue weighted by atomic mass is 10.2. The molecule has 0 radical (unpaired) electrons. The van der Waals surface area contributed by atoms with Gasteiger partial charge < -0.3 is 14.8 Å². The Morgan fingerprint density at radius 3 is 2.14 bits per heavy atom. The van der Waals surface area contributed by atoms with Crippen molar-refractivity contribution in [3.05, 3.63) is 29.8 Å². The van der Waals surface area contributed by atoms with Crippen molar-refractivity contribution in [3.63, 3.8) is 0 Å². The van der Waals surface area contributed by atoms with Gasteiger partial charge in [0, 0.05) is 11.3 Å². The number of aromatic carboxylic acids is 1. The predicted octanol–water partition coefficient (Wildman–Crippen LogP) is -0.170. The quantitative estimate of drug-likeness (QED) is 0.564. The van der Waals surface area contributed by atoms with Gasteiger partial charge in [-0.2, -0.15) is 0 Å². The number of carboxylic acid groups (broad SMARTS) is 1. The third-order valence-corrected chi connectivity index (χ3v) is 1.13. The van der Waals surface area contributed by atoms with E-state index >= 15 is 0 Å². The Morgan fingerprint density at radius 2 is 1.86 bits per heavy atom. The van der Waals surface area contributed by atoms with Gasteiger partial charge in [0.1, 0.15) is 11.3 Å². The Balaban J connectivity index is 0.000000364. The summed E-state index contributed by atoms with van der Waals surface area (Å²) < 4.78 is 17.6. The highest BCUT2D eigenvalue weighted by molar-refractivity contribution is 7.76. The average Bonchev–Trinajstić information content (AvgIpc) is 2.03. The maximum absolute atomic E-state index is 10.3. The van der Waals surface area contributed by atoms with Crippen LogP contribution in [0.2, 0.25) is 0 Å². The van der Waals surface area contributed by atoms with Crippen LogP contribution < -0.4 is 5.14 Å². The summed E-state index contributed by atoms with van der Waals surface area (Å²) in [6.07, 6.45) is 0. The van der Waals surface area contributed by atoms with Crippen molar-refractivity contribution in [2.75, 3.05) is 0 Å². The number of hydrogen-bond acceptors (Lipinski definition) is 4. The molecule has 1 aromatic rings. The minimum absolute atomic E-state index is 0.0671. The number of carbonyl (C=O) groups is 1. The van der Waals surface area contributed by atoms with Crippen LogP contribution in [0.5, 0.6) is 5.75 Å². The van der Waals surface area contributed by atoms with E-state index < -0.39 is 17.2 Å². The van der Waals surface area contributed by atoms with Gasteiger partial charge in [-0.25, -0.2) is 4.79 Å². The van der Waals surface area contributed by atoms with Crippen molar-refractivity contribution in [1.29, 1.82) is 0 Å². The van der Waals surface area contributed by atoms with Crippen molar-refractivity contribution in [3.8, 4) is 5.75 Å². The van der Waals surface area contributed by atoms with Crippen molar-refractivity contribution >= 4 is 17.2 Å². The number of phenols is 1. The van der Waals surface area contributed by atoms with E-state index in [2.05, 4.69) is 5.14 Å². The zero-order valence-electron chi connectivity index (χ0n) is 6.91. The predicted molar refractivity (Wildman–Crippen MR) is 48.2 cm³/mol. The van der Waals surface area contributed by atoms with E-state index in [-0.39, 0.29) is 11.3 Å². The van der Waals surface area contributed by atoms with Gasteiger partial charge in [0.2, 0.25) is 0 Å². The molecular weight excluding hydrogens is 210 g/mol. The number of aromatic hydroxyl groups is 1. The molecule has 1 atom stereocenters. The van der Waals surface area contributed by atoms with Crippen LogP contribution in [0.4, 0.5) is 0 Å². The molecule has 0 aliphatic carbocycles. The molecule has 1 rings (SSSR count). The van der Waals surface area contributed by atoms with Crippen LogP contribution in [0, 0.1) is 0 Å². The van der Waals surface area contributed by atoms with Gasteiger partial charge in [0.15, 0.2) is 0 Å². The molecule has 6 nitrogen and oxygen atoms in total. The van der Waals surface area contributed by atoms with Gasteiger partial charge in [-0.05, 0) is 12.1 Å². The zero-order chi connectivity index (χ0) is 11.1. The summed E-state index contributed by atoms with van der Waals surface area (Å²) in [5.41, 5.74) is -0.0671. The number of para-hydroxylation sites is 1. The average molecular weight is 218 g/mol.